The van der Waals surface area contributed by atoms with Crippen molar-refractivity contribution >= 4 is 29.5 Å². The highest BCUT2D eigenvalue weighted by molar-refractivity contribution is 6.31. The van der Waals surface area contributed by atoms with Gasteiger partial charge >= 0.3 is 0 Å². The van der Waals surface area contributed by atoms with Crippen molar-refractivity contribution in [2.45, 2.75) is 31.8 Å². The van der Waals surface area contributed by atoms with Gasteiger partial charge in [0.05, 0.1) is 24.1 Å². The molecule has 1 amide bonds. The van der Waals surface area contributed by atoms with Crippen molar-refractivity contribution in [1.82, 2.24) is 19.8 Å². The fourth-order valence-corrected chi connectivity index (χ4v) is 3.65. The van der Waals surface area contributed by atoms with Crippen molar-refractivity contribution < 1.29 is 9.59 Å². The topological polar surface area (TPSA) is 92.4 Å². The van der Waals surface area contributed by atoms with Gasteiger partial charge in [0.15, 0.2) is 5.82 Å². The zero-order chi connectivity index (χ0) is 22.5. The number of benzene rings is 1. The lowest BCUT2D eigenvalue weighted by Gasteiger charge is -2.43. The first kappa shape index (κ1) is 22.9. The van der Waals surface area contributed by atoms with Crippen molar-refractivity contribution in [3.63, 3.8) is 0 Å². The van der Waals surface area contributed by atoms with E-state index in [1.807, 2.05) is 23.1 Å². The smallest absolute Gasteiger partial charge is 0.246 e. The highest BCUT2D eigenvalue weighted by atomic mass is 35.5. The zero-order valence-electron chi connectivity index (χ0n) is 17.9. The Morgan fingerprint density at radius 2 is 1.90 bits per heavy atom. The first-order valence-corrected chi connectivity index (χ1v) is 10.7. The van der Waals surface area contributed by atoms with E-state index in [1.54, 1.807) is 12.4 Å². The van der Waals surface area contributed by atoms with Crippen LogP contribution in [0.1, 0.15) is 31.4 Å². The predicted molar refractivity (Wildman–Crippen MR) is 122 cm³/mol. The van der Waals surface area contributed by atoms with Crippen molar-refractivity contribution in [3.05, 3.63) is 53.8 Å². The molecule has 0 radical (unpaired) electrons. The summed E-state index contributed by atoms with van der Waals surface area (Å²) in [6, 6.07) is 5.84. The Kier molecular flexibility index (Phi) is 7.41. The minimum Gasteiger partial charge on any atom is -0.396 e. The van der Waals surface area contributed by atoms with Crippen LogP contribution in [0.3, 0.4) is 0 Å². The summed E-state index contributed by atoms with van der Waals surface area (Å²) in [5.41, 5.74) is 7.91. The Balaban J connectivity index is 0.000000478. The average Bonchev–Trinajstić information content (AvgIpc) is 3.60. The summed E-state index contributed by atoms with van der Waals surface area (Å²) in [6.45, 7) is 7.08. The van der Waals surface area contributed by atoms with Crippen LogP contribution in [0, 0.1) is 5.92 Å². The maximum atomic E-state index is 12.4. The Morgan fingerprint density at radius 3 is 2.45 bits per heavy atom. The van der Waals surface area contributed by atoms with Crippen LogP contribution in [0.15, 0.2) is 43.2 Å². The van der Waals surface area contributed by atoms with Gasteiger partial charge in [-0.25, -0.2) is 9.97 Å². The Bertz CT molecular complexity index is 945. The van der Waals surface area contributed by atoms with E-state index in [4.69, 9.17) is 17.3 Å². The van der Waals surface area contributed by atoms with Gasteiger partial charge in [-0.3, -0.25) is 9.69 Å². The van der Waals surface area contributed by atoms with Crippen LogP contribution in [-0.4, -0.2) is 58.1 Å². The molecule has 0 bridgehead atoms. The van der Waals surface area contributed by atoms with Gasteiger partial charge in [0.1, 0.15) is 6.29 Å². The molecule has 1 saturated heterocycles. The number of piperazine rings is 1. The fraction of sp³-hybridized carbons (Fsp3) is 0.391. The number of hydrogen-bond acceptors (Lipinski definition) is 6. The highest BCUT2D eigenvalue weighted by Crippen LogP contribution is 2.32. The number of nitrogens with zero attached hydrogens (tertiary/aromatic N) is 4. The zero-order valence-corrected chi connectivity index (χ0v) is 18.6. The molecule has 2 aliphatic rings. The minimum atomic E-state index is -0.118. The van der Waals surface area contributed by atoms with E-state index >= 15 is 0 Å². The molecule has 1 unspecified atom stereocenters. The fourth-order valence-electron chi connectivity index (χ4n) is 3.40. The molecule has 1 aliphatic carbocycles. The number of carbonyl (C=O) groups excluding carboxylic acids is 2. The molecular weight excluding hydrogens is 414 g/mol. The maximum absolute atomic E-state index is 12.4. The van der Waals surface area contributed by atoms with Crippen LogP contribution >= 0.6 is 11.6 Å². The molecule has 1 aliphatic heterocycles. The van der Waals surface area contributed by atoms with Crippen LogP contribution in [0.2, 0.25) is 5.02 Å². The standard InChI is InChI=1S/C19H22ClN5O.C4H6O/c1-4-18(26)25-10-12(2)24(3)11-17(25)13-5-14(7-15(20)6-13)19-22-8-16(21)9-23-19;5-3-4-1-2-4/h4-9,12,17H,1,10-11,21H2,2-3H3;3-4H,1-2H2/t12-,17?;/m1./s1. The number of likely N-dealkylation sites (N-methyl/N-ethyl adjacent to an activating group) is 1. The lowest BCUT2D eigenvalue weighted by atomic mass is 9.98. The largest absolute Gasteiger partial charge is 0.396 e. The molecule has 2 aromatic rings. The van der Waals surface area contributed by atoms with E-state index in [-0.39, 0.29) is 18.0 Å². The first-order valence-electron chi connectivity index (χ1n) is 10.3. The van der Waals surface area contributed by atoms with Crippen molar-refractivity contribution in [2.75, 3.05) is 25.9 Å². The SMILES string of the molecule is C=CC(=O)N1C[C@@H](C)N(C)CC1c1cc(Cl)cc(-c2ncc(N)cn2)c1.O=CC1CC1. The number of amides is 1. The van der Waals surface area contributed by atoms with Gasteiger partial charge < -0.3 is 15.4 Å². The number of aromatic nitrogens is 2. The second kappa shape index (κ2) is 10.0. The summed E-state index contributed by atoms with van der Waals surface area (Å²) in [4.78, 5) is 34.6. The van der Waals surface area contributed by atoms with Crippen LogP contribution < -0.4 is 5.73 Å². The highest BCUT2D eigenvalue weighted by Gasteiger charge is 2.33. The van der Waals surface area contributed by atoms with E-state index in [1.165, 1.54) is 6.08 Å². The number of hydrogen-bond donors (Lipinski definition) is 1. The van der Waals surface area contributed by atoms with Crippen molar-refractivity contribution in [1.29, 1.82) is 0 Å². The Labute approximate surface area is 187 Å². The first-order chi connectivity index (χ1) is 14.8. The molecular formula is C23H28ClN5O2. The normalized spacial score (nSPS) is 21.1. The van der Waals surface area contributed by atoms with Crippen LogP contribution in [0.4, 0.5) is 5.69 Å². The number of nitrogen functional groups attached to an aromatic ring is 1. The molecule has 2 atom stereocenters. The van der Waals surface area contributed by atoms with Gasteiger partial charge in [-0.05, 0) is 56.7 Å². The Morgan fingerprint density at radius 1 is 1.23 bits per heavy atom. The molecule has 1 aromatic carbocycles. The number of halogens is 1. The summed E-state index contributed by atoms with van der Waals surface area (Å²) < 4.78 is 0. The van der Waals surface area contributed by atoms with E-state index in [0.29, 0.717) is 35.5 Å². The summed E-state index contributed by atoms with van der Waals surface area (Å²) in [5, 5.41) is 0.574. The molecule has 0 spiro atoms. The van der Waals surface area contributed by atoms with Crippen LogP contribution in [-0.2, 0) is 9.59 Å². The molecule has 7 nitrogen and oxygen atoms in total. The summed E-state index contributed by atoms with van der Waals surface area (Å²) >= 11 is 6.36. The predicted octanol–water partition coefficient (Wildman–Crippen LogP) is 3.36. The number of anilines is 1. The second-order valence-corrected chi connectivity index (χ2v) is 8.52. The van der Waals surface area contributed by atoms with Gasteiger partial charge in [-0.15, -0.1) is 0 Å². The van der Waals surface area contributed by atoms with E-state index in [0.717, 1.165) is 30.3 Å². The quantitative estimate of drug-likeness (QED) is 0.577. The van der Waals surface area contributed by atoms with E-state index in [2.05, 4.69) is 35.4 Å². The molecule has 2 N–H and O–H groups in total. The number of aldehydes is 1. The molecule has 31 heavy (non-hydrogen) atoms. The van der Waals surface area contributed by atoms with Crippen molar-refractivity contribution in [3.8, 4) is 11.4 Å². The summed E-state index contributed by atoms with van der Waals surface area (Å²) in [7, 11) is 2.06. The summed E-state index contributed by atoms with van der Waals surface area (Å²) in [6.07, 6.45) is 7.80. The maximum Gasteiger partial charge on any atom is 0.246 e. The lowest BCUT2D eigenvalue weighted by molar-refractivity contribution is -0.132. The van der Waals surface area contributed by atoms with Crippen LogP contribution in [0.25, 0.3) is 11.4 Å². The molecule has 4 rings (SSSR count). The van der Waals surface area contributed by atoms with Gasteiger partial charge in [0.2, 0.25) is 5.91 Å². The van der Waals surface area contributed by atoms with Gasteiger partial charge in [0, 0.05) is 35.6 Å². The summed E-state index contributed by atoms with van der Waals surface area (Å²) in [5.74, 6) is 0.914. The minimum absolute atomic E-state index is 0.0831. The third-order valence-electron chi connectivity index (χ3n) is 5.56. The molecule has 8 heteroatoms. The van der Waals surface area contributed by atoms with E-state index < -0.39 is 0 Å². The monoisotopic (exact) mass is 441 g/mol. The van der Waals surface area contributed by atoms with Gasteiger partial charge in [0.25, 0.3) is 0 Å². The number of rotatable bonds is 4. The van der Waals surface area contributed by atoms with Crippen molar-refractivity contribution in [2.24, 2.45) is 5.92 Å². The molecule has 2 fully saturated rings. The molecule has 1 aromatic heterocycles. The van der Waals surface area contributed by atoms with Gasteiger partial charge in [-0.2, -0.15) is 0 Å². The van der Waals surface area contributed by atoms with E-state index in [9.17, 15) is 9.59 Å². The number of nitrogens with two attached hydrogens (primary N) is 1. The van der Waals surface area contributed by atoms with Gasteiger partial charge in [-0.1, -0.05) is 18.2 Å². The molecule has 2 heterocycles. The van der Waals surface area contributed by atoms with Crippen LogP contribution in [0.5, 0.6) is 0 Å². The average molecular weight is 442 g/mol. The Hall–Kier alpha value is -2.77. The second-order valence-electron chi connectivity index (χ2n) is 8.09. The third-order valence-corrected chi connectivity index (χ3v) is 5.78. The molecule has 164 valence electrons. The lowest BCUT2D eigenvalue weighted by Crippen LogP contribution is -2.53. The number of carbonyl (C=O) groups is 2. The molecule has 1 saturated carbocycles. The third kappa shape index (κ3) is 5.89.